The van der Waals surface area contributed by atoms with E-state index in [0.717, 1.165) is 6.07 Å². The molecule has 0 bridgehead atoms. The van der Waals surface area contributed by atoms with Gasteiger partial charge in [-0.1, -0.05) is 18.9 Å². The van der Waals surface area contributed by atoms with Gasteiger partial charge in [-0.25, -0.2) is 12.8 Å². The van der Waals surface area contributed by atoms with Crippen molar-refractivity contribution in [2.45, 2.75) is 24.3 Å². The van der Waals surface area contributed by atoms with Crippen LogP contribution >= 0.6 is 0 Å². The van der Waals surface area contributed by atoms with Crippen LogP contribution in [0.3, 0.4) is 0 Å². The van der Waals surface area contributed by atoms with Crippen LogP contribution in [0.25, 0.3) is 0 Å². The molecule has 4 nitrogen and oxygen atoms in total. The van der Waals surface area contributed by atoms with Crippen LogP contribution < -0.4 is 10.5 Å². The van der Waals surface area contributed by atoms with Gasteiger partial charge in [-0.3, -0.25) is 0 Å². The molecule has 0 saturated carbocycles. The zero-order valence-corrected chi connectivity index (χ0v) is 10.1. The predicted octanol–water partition coefficient (Wildman–Crippen LogP) is 1.10. The first kappa shape index (κ1) is 13.5. The Kier molecular flexibility index (Phi) is 4.10. The molecule has 0 aliphatic heterocycles. The molecule has 0 spiro atoms. The third kappa shape index (κ3) is 2.96. The molecule has 0 aliphatic rings. The minimum absolute atomic E-state index is 0.149. The van der Waals surface area contributed by atoms with E-state index in [1.807, 2.05) is 0 Å². The fourth-order valence-corrected chi connectivity index (χ4v) is 2.72. The van der Waals surface area contributed by atoms with Gasteiger partial charge in [0.15, 0.2) is 0 Å². The lowest BCUT2D eigenvalue weighted by atomic mass is 10.3. The molecule has 0 saturated heterocycles. The lowest BCUT2D eigenvalue weighted by Crippen LogP contribution is -2.34. The molecule has 1 atom stereocenters. The van der Waals surface area contributed by atoms with Gasteiger partial charge in [0, 0.05) is 0 Å². The second kappa shape index (κ2) is 5.17. The van der Waals surface area contributed by atoms with Gasteiger partial charge in [0.05, 0.1) is 11.7 Å². The Morgan fingerprint density at radius 3 is 2.71 bits per heavy atom. The number of benzene rings is 1. The number of terminal acetylenes is 1. The molecular weight excluding hydrogens is 243 g/mol. The number of anilines is 1. The summed E-state index contributed by atoms with van der Waals surface area (Å²) in [6, 6.07) is 3.00. The number of nitrogen functional groups attached to an aromatic ring is 1. The largest absolute Gasteiger partial charge is 0.398 e. The van der Waals surface area contributed by atoms with Crippen molar-refractivity contribution in [1.82, 2.24) is 4.72 Å². The number of sulfonamides is 1. The van der Waals surface area contributed by atoms with Crippen LogP contribution in [0, 0.1) is 18.2 Å². The summed E-state index contributed by atoms with van der Waals surface area (Å²) in [6.07, 6.45) is 5.55. The van der Waals surface area contributed by atoms with E-state index in [9.17, 15) is 12.8 Å². The summed E-state index contributed by atoms with van der Waals surface area (Å²) in [4.78, 5) is -0.561. The van der Waals surface area contributed by atoms with E-state index in [2.05, 4.69) is 10.6 Å². The smallest absolute Gasteiger partial charge is 0.246 e. The van der Waals surface area contributed by atoms with Crippen molar-refractivity contribution in [2.75, 3.05) is 5.73 Å². The van der Waals surface area contributed by atoms with Crippen molar-refractivity contribution >= 4 is 15.7 Å². The van der Waals surface area contributed by atoms with Crippen molar-refractivity contribution in [1.29, 1.82) is 0 Å². The molecule has 0 amide bonds. The van der Waals surface area contributed by atoms with Crippen molar-refractivity contribution < 1.29 is 12.8 Å². The molecule has 0 radical (unpaired) electrons. The first-order chi connectivity index (χ1) is 7.92. The molecule has 0 aromatic heterocycles. The highest BCUT2D eigenvalue weighted by Gasteiger charge is 2.24. The number of hydrogen-bond donors (Lipinski definition) is 2. The van der Waals surface area contributed by atoms with Crippen LogP contribution in [0.4, 0.5) is 10.1 Å². The molecule has 3 N–H and O–H groups in total. The minimum Gasteiger partial charge on any atom is -0.398 e. The van der Waals surface area contributed by atoms with Crippen LogP contribution in [0.15, 0.2) is 23.1 Å². The highest BCUT2D eigenvalue weighted by Crippen LogP contribution is 2.21. The molecular formula is C11H13FN2O2S. The maximum Gasteiger partial charge on any atom is 0.246 e. The van der Waals surface area contributed by atoms with E-state index in [-0.39, 0.29) is 5.69 Å². The van der Waals surface area contributed by atoms with Crippen LogP contribution in [0.5, 0.6) is 0 Å². The molecule has 1 rings (SSSR count). The molecule has 0 fully saturated rings. The molecule has 0 heterocycles. The topological polar surface area (TPSA) is 72.2 Å². The maximum atomic E-state index is 13.5. The number of halogens is 1. The maximum absolute atomic E-state index is 13.5. The lowest BCUT2D eigenvalue weighted by molar-refractivity contribution is 0.551. The summed E-state index contributed by atoms with van der Waals surface area (Å²) in [5.41, 5.74) is 5.31. The van der Waals surface area contributed by atoms with Gasteiger partial charge in [-0.2, -0.15) is 4.72 Å². The Morgan fingerprint density at radius 1 is 1.59 bits per heavy atom. The van der Waals surface area contributed by atoms with Gasteiger partial charge in [-0.15, -0.1) is 6.42 Å². The zero-order valence-electron chi connectivity index (χ0n) is 9.27. The van der Waals surface area contributed by atoms with Gasteiger partial charge in [-0.05, 0) is 18.6 Å². The summed E-state index contributed by atoms with van der Waals surface area (Å²) in [5, 5.41) is 0. The van der Waals surface area contributed by atoms with Crippen LogP contribution in [0.1, 0.15) is 13.3 Å². The quantitative estimate of drug-likeness (QED) is 0.626. The van der Waals surface area contributed by atoms with Gasteiger partial charge in [0.1, 0.15) is 10.7 Å². The summed E-state index contributed by atoms with van der Waals surface area (Å²) in [7, 11) is -4.04. The van der Waals surface area contributed by atoms with Gasteiger partial charge >= 0.3 is 0 Å². The van der Waals surface area contributed by atoms with E-state index in [0.29, 0.717) is 6.42 Å². The first-order valence-electron chi connectivity index (χ1n) is 4.94. The van der Waals surface area contributed by atoms with Crippen LogP contribution in [-0.4, -0.2) is 14.5 Å². The average Bonchev–Trinajstić information content (AvgIpc) is 2.25. The zero-order chi connectivity index (χ0) is 13.1. The molecule has 1 unspecified atom stereocenters. The lowest BCUT2D eigenvalue weighted by Gasteiger charge is -2.13. The van der Waals surface area contributed by atoms with Gasteiger partial charge in [0.2, 0.25) is 10.0 Å². The van der Waals surface area contributed by atoms with E-state index in [1.54, 1.807) is 6.92 Å². The van der Waals surface area contributed by atoms with Crippen LogP contribution in [-0.2, 0) is 10.0 Å². The van der Waals surface area contributed by atoms with E-state index in [4.69, 9.17) is 12.2 Å². The SMILES string of the molecule is C#CC(CC)NS(=O)(=O)c1c(N)cccc1F. The van der Waals surface area contributed by atoms with E-state index in [1.165, 1.54) is 12.1 Å². The molecule has 0 aliphatic carbocycles. The monoisotopic (exact) mass is 256 g/mol. The van der Waals surface area contributed by atoms with Crippen LogP contribution in [0.2, 0.25) is 0 Å². The van der Waals surface area contributed by atoms with E-state index < -0.39 is 26.8 Å². The average molecular weight is 256 g/mol. The number of hydrogen-bond acceptors (Lipinski definition) is 3. The number of rotatable bonds is 4. The fourth-order valence-electron chi connectivity index (χ4n) is 1.29. The fraction of sp³-hybridized carbons (Fsp3) is 0.273. The molecule has 6 heteroatoms. The van der Waals surface area contributed by atoms with Crippen molar-refractivity contribution in [3.05, 3.63) is 24.0 Å². The highest BCUT2D eigenvalue weighted by molar-refractivity contribution is 7.89. The summed E-state index contributed by atoms with van der Waals surface area (Å²) < 4.78 is 39.4. The Bertz CT molecular complexity index is 529. The van der Waals surface area contributed by atoms with Crippen molar-refractivity contribution in [3.8, 4) is 12.3 Å². The highest BCUT2D eigenvalue weighted by atomic mass is 32.2. The Balaban J connectivity index is 3.19. The Hall–Kier alpha value is -1.58. The molecule has 92 valence electrons. The van der Waals surface area contributed by atoms with E-state index >= 15 is 0 Å². The number of nitrogens with one attached hydrogen (secondary N) is 1. The summed E-state index contributed by atoms with van der Waals surface area (Å²) in [5.74, 6) is 1.36. The van der Waals surface area contributed by atoms with Gasteiger partial charge in [0.25, 0.3) is 0 Å². The standard InChI is InChI=1S/C11H13FN2O2S/c1-3-8(4-2)14-17(15,16)11-9(12)6-5-7-10(11)13/h1,5-8,14H,4,13H2,2H3. The third-order valence-electron chi connectivity index (χ3n) is 2.17. The normalized spacial score (nSPS) is 13.0. The molecule has 1 aromatic carbocycles. The molecule has 17 heavy (non-hydrogen) atoms. The first-order valence-corrected chi connectivity index (χ1v) is 6.43. The Labute approximate surface area is 100 Å². The summed E-state index contributed by atoms with van der Waals surface area (Å²) in [6.45, 7) is 1.72. The number of nitrogens with two attached hydrogens (primary N) is 1. The van der Waals surface area contributed by atoms with Gasteiger partial charge < -0.3 is 5.73 Å². The third-order valence-corrected chi connectivity index (χ3v) is 3.74. The second-order valence-electron chi connectivity index (χ2n) is 3.41. The molecule has 1 aromatic rings. The van der Waals surface area contributed by atoms with Crippen molar-refractivity contribution in [2.24, 2.45) is 0 Å². The summed E-state index contributed by atoms with van der Waals surface area (Å²) >= 11 is 0. The Morgan fingerprint density at radius 2 is 2.24 bits per heavy atom. The minimum atomic E-state index is -4.04. The second-order valence-corrected chi connectivity index (χ2v) is 5.06. The van der Waals surface area contributed by atoms with Crippen molar-refractivity contribution in [3.63, 3.8) is 0 Å². The predicted molar refractivity (Wildman–Crippen MR) is 64.0 cm³/mol.